The van der Waals surface area contributed by atoms with Crippen molar-refractivity contribution in [1.82, 2.24) is 0 Å². The van der Waals surface area contributed by atoms with Gasteiger partial charge < -0.3 is 24.2 Å². The van der Waals surface area contributed by atoms with Crippen LogP contribution in [0.2, 0.25) is 0 Å². The topological polar surface area (TPSA) is 155 Å². The quantitative estimate of drug-likeness (QED) is 0.0197. The fourth-order valence-electron chi connectivity index (χ4n) is 6.46. The minimum atomic E-state index is -4.78. The zero-order chi connectivity index (χ0) is 51.3. The molecule has 0 aromatic heterocycles. The summed E-state index contributed by atoms with van der Waals surface area (Å²) in [6, 6.07) is 0. The summed E-state index contributed by atoms with van der Waals surface area (Å²) >= 11 is 0. The number of allylic oxidation sites excluding steroid dienone is 19. The average molecular weight is 997 g/mol. The van der Waals surface area contributed by atoms with E-state index in [0.717, 1.165) is 77.0 Å². The molecule has 2 N–H and O–H groups in total. The number of rotatable bonds is 47. The van der Waals surface area contributed by atoms with Crippen molar-refractivity contribution in [2.75, 3.05) is 26.4 Å². The molecule has 0 amide bonds. The molecule has 0 aliphatic carbocycles. The summed E-state index contributed by atoms with van der Waals surface area (Å²) in [5, 5.41) is 9.77. The van der Waals surface area contributed by atoms with E-state index in [1.54, 1.807) is 6.08 Å². The van der Waals surface area contributed by atoms with E-state index in [2.05, 4.69) is 112 Å². The first-order chi connectivity index (χ1) is 34.2. The Bertz CT molecular complexity index is 1630. The molecule has 11 nitrogen and oxygen atoms in total. The van der Waals surface area contributed by atoms with Crippen LogP contribution in [0.15, 0.2) is 122 Å². The Morgan fingerprint density at radius 3 is 1.21 bits per heavy atom. The number of hydrogen-bond acceptors (Lipinski definition) is 10. The normalized spacial score (nSPS) is 14.4. The molecule has 396 valence electrons. The van der Waals surface area contributed by atoms with Crippen molar-refractivity contribution in [2.45, 2.75) is 200 Å². The van der Waals surface area contributed by atoms with Gasteiger partial charge in [0.1, 0.15) is 12.7 Å². The summed E-state index contributed by atoms with van der Waals surface area (Å²) in [6.45, 7) is 4.20. The minimum absolute atomic E-state index is 0.0234. The molecule has 0 aromatic rings. The number of carbonyl (C=O) groups is 3. The van der Waals surface area contributed by atoms with Crippen LogP contribution in [0.3, 0.4) is 0 Å². The molecule has 0 saturated heterocycles. The van der Waals surface area contributed by atoms with Gasteiger partial charge in [0, 0.05) is 12.8 Å². The number of ether oxygens (including phenoxy) is 3. The molecular weight excluding hydrogens is 904 g/mol. The number of unbranched alkanes of at least 4 members (excludes halogenated alkanes) is 11. The van der Waals surface area contributed by atoms with E-state index >= 15 is 0 Å². The lowest BCUT2D eigenvalue weighted by Gasteiger charge is -2.21. The highest BCUT2D eigenvalue weighted by Gasteiger charge is 2.28. The maximum Gasteiger partial charge on any atom is 0.472 e. The van der Waals surface area contributed by atoms with E-state index in [1.807, 2.05) is 24.3 Å². The third-order valence-corrected chi connectivity index (χ3v) is 11.4. The molecule has 0 radical (unpaired) electrons. The third kappa shape index (κ3) is 48.9. The van der Waals surface area contributed by atoms with Gasteiger partial charge in [-0.1, -0.05) is 206 Å². The highest BCUT2D eigenvalue weighted by molar-refractivity contribution is 7.47. The van der Waals surface area contributed by atoms with Crippen LogP contribution < -0.4 is 0 Å². The van der Waals surface area contributed by atoms with Gasteiger partial charge in [0.15, 0.2) is 6.10 Å². The monoisotopic (exact) mass is 997 g/mol. The molecule has 0 fully saturated rings. The number of phosphoric ester groups is 1. The number of aliphatic hydroxyl groups is 1. The SMILES string of the molecule is CC/C=C\C/C=C\C/C=C\C/C=C\C/C=C\CCCC(=O)OC(COC(=O)C/C=C\C/C=C\C/C=C\C/C=C\C/C=C\CC)COP(=O)(O)OCC(CO)OC(=O)CCCCCCCCCCCCC. The Balaban J connectivity index is 4.97. The zero-order valence-electron chi connectivity index (χ0n) is 43.4. The first-order valence-corrected chi connectivity index (χ1v) is 27.9. The van der Waals surface area contributed by atoms with E-state index in [1.165, 1.54) is 44.9 Å². The van der Waals surface area contributed by atoms with Crippen LogP contribution in [-0.2, 0) is 42.2 Å². The Hall–Kier alpha value is -4.12. The number of hydrogen-bond donors (Lipinski definition) is 2. The Morgan fingerprint density at radius 2 is 0.786 bits per heavy atom. The smallest absolute Gasteiger partial charge is 0.461 e. The second kappa shape index (κ2) is 51.2. The zero-order valence-corrected chi connectivity index (χ0v) is 44.3. The molecular formula is C58H93O11P. The summed E-state index contributed by atoms with van der Waals surface area (Å²) in [5.74, 6) is -1.70. The van der Waals surface area contributed by atoms with Crippen molar-refractivity contribution in [3.63, 3.8) is 0 Å². The second-order valence-corrected chi connectivity index (χ2v) is 18.4. The van der Waals surface area contributed by atoms with Crippen molar-refractivity contribution >= 4 is 25.7 Å². The van der Waals surface area contributed by atoms with Crippen LogP contribution in [0.5, 0.6) is 0 Å². The highest BCUT2D eigenvalue weighted by atomic mass is 31.2. The van der Waals surface area contributed by atoms with Crippen LogP contribution in [0.25, 0.3) is 0 Å². The van der Waals surface area contributed by atoms with Gasteiger partial charge in [0.05, 0.1) is 26.2 Å². The maximum atomic E-state index is 12.8. The summed E-state index contributed by atoms with van der Waals surface area (Å²) in [5.41, 5.74) is 0. The van der Waals surface area contributed by atoms with Crippen molar-refractivity contribution in [2.24, 2.45) is 0 Å². The van der Waals surface area contributed by atoms with Crippen LogP contribution in [-0.4, -0.2) is 66.5 Å². The predicted molar refractivity (Wildman–Crippen MR) is 288 cm³/mol. The Kier molecular flexibility index (Phi) is 48.2. The van der Waals surface area contributed by atoms with Gasteiger partial charge in [-0.05, 0) is 83.5 Å². The lowest BCUT2D eigenvalue weighted by Crippen LogP contribution is -2.30. The van der Waals surface area contributed by atoms with Crippen LogP contribution >= 0.6 is 7.82 Å². The van der Waals surface area contributed by atoms with Crippen LogP contribution in [0.1, 0.15) is 188 Å². The van der Waals surface area contributed by atoms with Crippen molar-refractivity contribution < 1.29 is 52.2 Å². The Labute approximate surface area is 424 Å². The largest absolute Gasteiger partial charge is 0.472 e. The standard InChI is InChI=1S/C58H93O11P/c1-4-7-10-13-16-19-22-24-26-27-29-31-34-37-40-43-46-49-58(62)69-55(51-65-56(60)47-44-41-38-35-33-30-28-25-23-20-17-14-11-8-5-2)53-67-70(63,64)66-52-54(50-59)68-57(61)48-45-42-39-36-32-21-18-15-12-9-6-3/h7-8,10-11,16-17,19-20,24-26,28-29,31,33,35,37,40-41,44,54-55,59H,4-6,9,12-15,18,21-23,27,30,32,34,36,38-39,42-43,45-53H2,1-3H3,(H,63,64)/b10-7-,11-8-,19-16-,20-17-,26-24-,28-25-,31-29-,35-33-,40-37-,44-41-. The average Bonchev–Trinajstić information content (AvgIpc) is 3.35. The highest BCUT2D eigenvalue weighted by Crippen LogP contribution is 2.43. The number of phosphoric acid groups is 1. The molecule has 12 heteroatoms. The molecule has 3 atom stereocenters. The van der Waals surface area contributed by atoms with Gasteiger partial charge in [-0.3, -0.25) is 23.4 Å². The summed E-state index contributed by atoms with van der Waals surface area (Å²) in [7, 11) is -4.78. The molecule has 0 aliphatic rings. The lowest BCUT2D eigenvalue weighted by molar-refractivity contribution is -0.161. The van der Waals surface area contributed by atoms with Crippen LogP contribution in [0, 0.1) is 0 Å². The van der Waals surface area contributed by atoms with E-state index in [9.17, 15) is 28.9 Å². The molecule has 0 spiro atoms. The van der Waals surface area contributed by atoms with Gasteiger partial charge in [0.2, 0.25) is 0 Å². The van der Waals surface area contributed by atoms with Gasteiger partial charge in [-0.2, -0.15) is 0 Å². The molecule has 0 rings (SSSR count). The molecule has 0 saturated carbocycles. The molecule has 3 unspecified atom stereocenters. The fraction of sp³-hybridized carbons (Fsp3) is 0.603. The second-order valence-electron chi connectivity index (χ2n) is 16.9. The number of carbonyl (C=O) groups excluding carboxylic acids is 3. The summed E-state index contributed by atoms with van der Waals surface area (Å²) in [4.78, 5) is 48.3. The number of esters is 3. The lowest BCUT2D eigenvalue weighted by atomic mass is 10.1. The summed E-state index contributed by atoms with van der Waals surface area (Å²) in [6.07, 6.45) is 62.1. The third-order valence-electron chi connectivity index (χ3n) is 10.4. The first kappa shape index (κ1) is 65.9. The molecule has 0 aromatic carbocycles. The number of aliphatic hydroxyl groups excluding tert-OH is 1. The van der Waals surface area contributed by atoms with Crippen molar-refractivity contribution in [1.29, 1.82) is 0 Å². The van der Waals surface area contributed by atoms with Crippen molar-refractivity contribution in [3.05, 3.63) is 122 Å². The van der Waals surface area contributed by atoms with E-state index < -0.39 is 64.4 Å². The van der Waals surface area contributed by atoms with Crippen molar-refractivity contribution in [3.8, 4) is 0 Å². The molecule has 0 bridgehead atoms. The maximum absolute atomic E-state index is 12.8. The van der Waals surface area contributed by atoms with E-state index in [4.69, 9.17) is 23.3 Å². The minimum Gasteiger partial charge on any atom is -0.461 e. The van der Waals surface area contributed by atoms with E-state index in [-0.39, 0.29) is 19.3 Å². The molecule has 70 heavy (non-hydrogen) atoms. The first-order valence-electron chi connectivity index (χ1n) is 26.4. The van der Waals surface area contributed by atoms with Gasteiger partial charge in [-0.15, -0.1) is 0 Å². The van der Waals surface area contributed by atoms with Gasteiger partial charge in [-0.25, -0.2) is 4.57 Å². The van der Waals surface area contributed by atoms with Crippen LogP contribution in [0.4, 0.5) is 0 Å². The predicted octanol–water partition coefficient (Wildman–Crippen LogP) is 15.2. The molecule has 0 aliphatic heterocycles. The van der Waals surface area contributed by atoms with Gasteiger partial charge in [0.25, 0.3) is 0 Å². The van der Waals surface area contributed by atoms with E-state index in [0.29, 0.717) is 25.7 Å². The Morgan fingerprint density at radius 1 is 0.429 bits per heavy atom. The summed E-state index contributed by atoms with van der Waals surface area (Å²) < 4.78 is 39.2. The van der Waals surface area contributed by atoms with Gasteiger partial charge >= 0.3 is 25.7 Å². The molecule has 0 heterocycles. The fourth-order valence-corrected chi connectivity index (χ4v) is 7.25.